The van der Waals surface area contributed by atoms with Gasteiger partial charge in [-0.2, -0.15) is 0 Å². The van der Waals surface area contributed by atoms with Crippen molar-refractivity contribution in [3.8, 4) is 11.5 Å². The molecular weight excluding hydrogens is 484 g/mol. The third kappa shape index (κ3) is 5.01. The number of aryl methyl sites for hydroxylation is 1. The van der Waals surface area contributed by atoms with Crippen LogP contribution < -0.4 is 15.0 Å². The zero-order valence-electron chi connectivity index (χ0n) is 21.7. The molecule has 0 unspecified atom stereocenters. The van der Waals surface area contributed by atoms with Crippen LogP contribution in [0.5, 0.6) is 11.5 Å². The van der Waals surface area contributed by atoms with Crippen molar-refractivity contribution in [1.82, 2.24) is 30.1 Å². The number of pyridine rings is 1. The van der Waals surface area contributed by atoms with Crippen LogP contribution >= 0.6 is 0 Å². The number of nitrogens with zero attached hydrogens (tertiary/aromatic N) is 5. The number of benzene rings is 2. The van der Waals surface area contributed by atoms with E-state index < -0.39 is 0 Å². The predicted octanol–water partition coefficient (Wildman–Crippen LogP) is 3.88. The Balaban J connectivity index is 1.35. The van der Waals surface area contributed by atoms with Crippen LogP contribution in [-0.4, -0.2) is 49.6 Å². The second-order valence-corrected chi connectivity index (χ2v) is 10.1. The minimum absolute atomic E-state index is 0.0976. The van der Waals surface area contributed by atoms with Crippen molar-refractivity contribution in [2.75, 3.05) is 13.4 Å². The zero-order valence-corrected chi connectivity index (χ0v) is 21.7. The third-order valence-corrected chi connectivity index (χ3v) is 7.38. The van der Waals surface area contributed by atoms with E-state index in [0.29, 0.717) is 36.7 Å². The maximum Gasteiger partial charge on any atom is 0.252 e. The minimum Gasteiger partial charge on any atom is -0.454 e. The van der Waals surface area contributed by atoms with Gasteiger partial charge in [0, 0.05) is 36.7 Å². The molecule has 38 heavy (non-hydrogen) atoms. The van der Waals surface area contributed by atoms with Crippen molar-refractivity contribution in [2.45, 2.75) is 64.9 Å². The summed E-state index contributed by atoms with van der Waals surface area (Å²) in [6, 6.07) is 14.1. The Bertz CT molecular complexity index is 1480. The normalized spacial score (nSPS) is 17.5. The molecule has 1 saturated heterocycles. The lowest BCUT2D eigenvalue weighted by molar-refractivity contribution is 0.0888. The highest BCUT2D eigenvalue weighted by atomic mass is 16.7. The lowest BCUT2D eigenvalue weighted by Crippen LogP contribution is -2.33. The molecule has 2 aliphatic heterocycles. The maximum absolute atomic E-state index is 13.2. The van der Waals surface area contributed by atoms with Gasteiger partial charge in [-0.05, 0) is 54.3 Å². The van der Waals surface area contributed by atoms with E-state index in [0.717, 1.165) is 48.2 Å². The van der Waals surface area contributed by atoms with Crippen LogP contribution in [0.25, 0.3) is 10.9 Å². The highest BCUT2D eigenvalue weighted by molar-refractivity contribution is 5.83. The standard InChI is InChI=1S/C28H32N6O4/c1-3-24(27-30-31-32-34(27)16-22-5-4-10-36-22)33(14-19-8-6-18(2)7-9-19)15-21-11-20-12-25-26(38-17-37-25)13-23(20)29-28(21)35/h6-9,11-13,22,24H,3-5,10,14-17H2,1-2H3,(H,29,35)/t22-,24-/m1/s1. The SMILES string of the molecule is CC[C@H](c1nnnn1C[C@H]1CCCO1)N(Cc1ccc(C)cc1)Cc1cc2cc3c(cc2[nH]c1=O)OCO3. The molecule has 6 rings (SSSR count). The Hall–Kier alpha value is -3.76. The second-order valence-electron chi connectivity index (χ2n) is 10.1. The Morgan fingerprint density at radius 3 is 2.71 bits per heavy atom. The van der Waals surface area contributed by atoms with Crippen LogP contribution in [0.3, 0.4) is 0 Å². The molecule has 2 aromatic heterocycles. The van der Waals surface area contributed by atoms with Gasteiger partial charge in [0.2, 0.25) is 6.79 Å². The Morgan fingerprint density at radius 2 is 1.95 bits per heavy atom. The molecule has 198 valence electrons. The van der Waals surface area contributed by atoms with Crippen LogP contribution in [0.15, 0.2) is 47.3 Å². The van der Waals surface area contributed by atoms with E-state index in [4.69, 9.17) is 14.2 Å². The number of ether oxygens (including phenoxy) is 3. The summed E-state index contributed by atoms with van der Waals surface area (Å²) in [5, 5.41) is 13.7. The van der Waals surface area contributed by atoms with Crippen molar-refractivity contribution in [3.63, 3.8) is 0 Å². The van der Waals surface area contributed by atoms with E-state index in [2.05, 4.69) is 63.5 Å². The van der Waals surface area contributed by atoms with E-state index in [9.17, 15) is 4.79 Å². The van der Waals surface area contributed by atoms with Gasteiger partial charge in [-0.25, -0.2) is 4.68 Å². The smallest absolute Gasteiger partial charge is 0.252 e. The van der Waals surface area contributed by atoms with E-state index in [1.165, 1.54) is 5.56 Å². The van der Waals surface area contributed by atoms with E-state index in [1.807, 2.05) is 22.9 Å². The fourth-order valence-corrected chi connectivity index (χ4v) is 5.35. The summed E-state index contributed by atoms with van der Waals surface area (Å²) in [6.07, 6.45) is 2.97. The molecule has 1 fully saturated rings. The molecule has 2 atom stereocenters. The summed E-state index contributed by atoms with van der Waals surface area (Å²) in [5.41, 5.74) is 3.63. The molecule has 0 spiro atoms. The minimum atomic E-state index is -0.126. The monoisotopic (exact) mass is 516 g/mol. The van der Waals surface area contributed by atoms with Crippen LogP contribution in [0, 0.1) is 6.92 Å². The topological polar surface area (TPSA) is 107 Å². The zero-order chi connectivity index (χ0) is 26.1. The van der Waals surface area contributed by atoms with Crippen LogP contribution in [0.2, 0.25) is 0 Å². The van der Waals surface area contributed by atoms with Crippen molar-refractivity contribution in [1.29, 1.82) is 0 Å². The first-order chi connectivity index (χ1) is 18.6. The largest absolute Gasteiger partial charge is 0.454 e. The average molecular weight is 517 g/mol. The van der Waals surface area contributed by atoms with Gasteiger partial charge in [0.15, 0.2) is 17.3 Å². The number of rotatable bonds is 9. The van der Waals surface area contributed by atoms with Crippen LogP contribution in [-0.2, 0) is 24.4 Å². The number of hydrogen-bond acceptors (Lipinski definition) is 8. The van der Waals surface area contributed by atoms with E-state index in [-0.39, 0.29) is 24.5 Å². The lowest BCUT2D eigenvalue weighted by atomic mass is 10.1. The van der Waals surface area contributed by atoms with Crippen molar-refractivity contribution >= 4 is 10.9 Å². The van der Waals surface area contributed by atoms with E-state index in [1.54, 1.807) is 0 Å². The molecule has 4 heterocycles. The second kappa shape index (κ2) is 10.5. The number of H-pyrrole nitrogens is 1. The number of hydrogen-bond donors (Lipinski definition) is 1. The first kappa shape index (κ1) is 24.6. The van der Waals surface area contributed by atoms with Gasteiger partial charge in [-0.15, -0.1) is 5.10 Å². The Morgan fingerprint density at radius 1 is 1.13 bits per heavy atom. The molecule has 10 nitrogen and oxygen atoms in total. The Kier molecular flexibility index (Phi) is 6.82. The van der Waals surface area contributed by atoms with Gasteiger partial charge in [0.25, 0.3) is 5.56 Å². The van der Waals surface area contributed by atoms with Gasteiger partial charge in [0.1, 0.15) is 0 Å². The summed E-state index contributed by atoms with van der Waals surface area (Å²) < 4.78 is 18.8. The number of fused-ring (bicyclic) bond motifs is 2. The molecule has 1 N–H and O–H groups in total. The summed E-state index contributed by atoms with van der Waals surface area (Å²) >= 11 is 0. The fourth-order valence-electron chi connectivity index (χ4n) is 5.35. The average Bonchev–Trinajstić information content (AvgIpc) is 3.68. The molecular formula is C28H32N6O4. The summed E-state index contributed by atoms with van der Waals surface area (Å²) in [7, 11) is 0. The van der Waals surface area contributed by atoms with Gasteiger partial charge < -0.3 is 19.2 Å². The quantitative estimate of drug-likeness (QED) is 0.357. The van der Waals surface area contributed by atoms with Gasteiger partial charge in [-0.1, -0.05) is 36.8 Å². The molecule has 0 bridgehead atoms. The first-order valence-electron chi connectivity index (χ1n) is 13.2. The van der Waals surface area contributed by atoms with Gasteiger partial charge >= 0.3 is 0 Å². The molecule has 10 heteroatoms. The Labute approximate surface area is 220 Å². The third-order valence-electron chi connectivity index (χ3n) is 7.38. The van der Waals surface area contributed by atoms with Crippen LogP contribution in [0.4, 0.5) is 0 Å². The van der Waals surface area contributed by atoms with Gasteiger partial charge in [-0.3, -0.25) is 9.69 Å². The summed E-state index contributed by atoms with van der Waals surface area (Å²) in [6.45, 7) is 6.87. The molecule has 0 radical (unpaired) electrons. The maximum atomic E-state index is 13.2. The highest BCUT2D eigenvalue weighted by Crippen LogP contribution is 2.35. The number of aromatic nitrogens is 5. The summed E-state index contributed by atoms with van der Waals surface area (Å²) in [4.78, 5) is 18.6. The fraction of sp³-hybridized carbons (Fsp3) is 0.429. The number of nitrogens with one attached hydrogen (secondary N) is 1. The number of tetrazole rings is 1. The van der Waals surface area contributed by atoms with Crippen molar-refractivity contribution < 1.29 is 14.2 Å². The molecule has 2 aliphatic rings. The highest BCUT2D eigenvalue weighted by Gasteiger charge is 2.28. The number of aromatic amines is 1. The van der Waals surface area contributed by atoms with Gasteiger partial charge in [0.05, 0.1) is 24.2 Å². The molecule has 0 saturated carbocycles. The first-order valence-corrected chi connectivity index (χ1v) is 13.2. The van der Waals surface area contributed by atoms with Crippen molar-refractivity contribution in [2.24, 2.45) is 0 Å². The van der Waals surface area contributed by atoms with Crippen LogP contribution in [0.1, 0.15) is 54.7 Å². The van der Waals surface area contributed by atoms with Crippen molar-refractivity contribution in [3.05, 3.63) is 75.3 Å². The molecule has 0 aliphatic carbocycles. The molecule has 0 amide bonds. The van der Waals surface area contributed by atoms with E-state index >= 15 is 0 Å². The molecule has 2 aromatic carbocycles. The predicted molar refractivity (Wildman–Crippen MR) is 141 cm³/mol. The molecule has 4 aromatic rings. The lowest BCUT2D eigenvalue weighted by Gasteiger charge is -2.30. The summed E-state index contributed by atoms with van der Waals surface area (Å²) in [5.74, 6) is 2.12.